The Hall–Kier alpha value is -2.66. The molecule has 0 fully saturated rings. The van der Waals surface area contributed by atoms with Crippen molar-refractivity contribution >= 4 is 17.2 Å². The van der Waals surface area contributed by atoms with Crippen molar-refractivity contribution < 1.29 is 9.53 Å². The predicted octanol–water partition coefficient (Wildman–Crippen LogP) is 6.40. The molecular formula is C26H32N2O2S. The maximum Gasteiger partial charge on any atom is 0.254 e. The van der Waals surface area contributed by atoms with Crippen LogP contribution in [0.1, 0.15) is 63.6 Å². The first kappa shape index (κ1) is 23.0. The van der Waals surface area contributed by atoms with Gasteiger partial charge < -0.3 is 9.64 Å². The first-order valence-corrected chi connectivity index (χ1v) is 11.7. The molecule has 0 aliphatic heterocycles. The van der Waals surface area contributed by atoms with Crippen molar-refractivity contribution in [1.82, 2.24) is 9.88 Å². The fraction of sp³-hybridized carbons (Fsp3) is 0.385. The minimum atomic E-state index is 0.0507. The lowest BCUT2D eigenvalue weighted by atomic mass is 10.1. The molecule has 0 N–H and O–H groups in total. The van der Waals surface area contributed by atoms with Gasteiger partial charge in [0.15, 0.2) is 0 Å². The molecule has 0 spiro atoms. The van der Waals surface area contributed by atoms with Gasteiger partial charge >= 0.3 is 0 Å². The van der Waals surface area contributed by atoms with Gasteiger partial charge in [0.05, 0.1) is 12.2 Å². The van der Waals surface area contributed by atoms with Crippen molar-refractivity contribution in [3.05, 3.63) is 80.3 Å². The van der Waals surface area contributed by atoms with Crippen LogP contribution in [0.5, 0.6) is 5.75 Å². The number of carbonyl (C=O) groups excluding carboxylic acids is 1. The predicted molar refractivity (Wildman–Crippen MR) is 128 cm³/mol. The van der Waals surface area contributed by atoms with E-state index in [-0.39, 0.29) is 11.9 Å². The minimum Gasteiger partial charge on any atom is -0.486 e. The number of aryl methyl sites for hydroxylation is 3. The molecule has 0 bridgehead atoms. The van der Waals surface area contributed by atoms with Gasteiger partial charge in [0.2, 0.25) is 0 Å². The summed E-state index contributed by atoms with van der Waals surface area (Å²) in [4.78, 5) is 19.9. The number of amides is 1. The third-order valence-electron chi connectivity index (χ3n) is 5.70. The molecule has 0 aliphatic rings. The van der Waals surface area contributed by atoms with Crippen LogP contribution in [-0.4, -0.2) is 21.8 Å². The SMILES string of the molecule is CC[C@@H](C)N(Cc1csc(COc2cc(C)cc(C)c2C)n1)C(=O)c1cccc(C)c1. The highest BCUT2D eigenvalue weighted by atomic mass is 32.1. The van der Waals surface area contributed by atoms with E-state index < -0.39 is 0 Å². The van der Waals surface area contributed by atoms with Crippen molar-refractivity contribution in [2.45, 2.75) is 67.2 Å². The van der Waals surface area contributed by atoms with Gasteiger partial charge in [-0.25, -0.2) is 4.98 Å². The molecule has 3 rings (SSSR count). The largest absolute Gasteiger partial charge is 0.486 e. The Morgan fingerprint density at radius 3 is 2.61 bits per heavy atom. The van der Waals surface area contributed by atoms with Gasteiger partial charge in [0.1, 0.15) is 17.4 Å². The molecule has 2 aromatic carbocycles. The summed E-state index contributed by atoms with van der Waals surface area (Å²) in [5.41, 5.74) is 6.30. The molecule has 1 heterocycles. The van der Waals surface area contributed by atoms with E-state index in [1.165, 1.54) is 11.1 Å². The molecule has 3 aromatic rings. The fourth-order valence-electron chi connectivity index (χ4n) is 3.54. The molecule has 4 nitrogen and oxygen atoms in total. The minimum absolute atomic E-state index is 0.0507. The summed E-state index contributed by atoms with van der Waals surface area (Å²) in [5.74, 6) is 0.958. The van der Waals surface area contributed by atoms with Crippen LogP contribution >= 0.6 is 11.3 Å². The van der Waals surface area contributed by atoms with Gasteiger partial charge in [0.25, 0.3) is 5.91 Å². The first-order valence-electron chi connectivity index (χ1n) is 10.8. The van der Waals surface area contributed by atoms with E-state index in [0.29, 0.717) is 13.2 Å². The molecule has 1 atom stereocenters. The van der Waals surface area contributed by atoms with E-state index in [1.54, 1.807) is 11.3 Å². The summed E-state index contributed by atoms with van der Waals surface area (Å²) in [7, 11) is 0. The number of rotatable bonds is 8. The zero-order valence-corrected chi connectivity index (χ0v) is 20.2. The van der Waals surface area contributed by atoms with Crippen LogP contribution in [0.4, 0.5) is 0 Å². The highest BCUT2D eigenvalue weighted by Gasteiger charge is 2.22. The Bertz CT molecular complexity index is 1060. The van der Waals surface area contributed by atoms with E-state index in [4.69, 9.17) is 9.72 Å². The zero-order valence-electron chi connectivity index (χ0n) is 19.4. The smallest absolute Gasteiger partial charge is 0.254 e. The third-order valence-corrected chi connectivity index (χ3v) is 6.57. The monoisotopic (exact) mass is 436 g/mol. The summed E-state index contributed by atoms with van der Waals surface area (Å²) >= 11 is 1.58. The lowest BCUT2D eigenvalue weighted by Crippen LogP contribution is -2.38. The van der Waals surface area contributed by atoms with Crippen molar-refractivity contribution in [3.8, 4) is 5.75 Å². The van der Waals surface area contributed by atoms with Crippen molar-refractivity contribution in [1.29, 1.82) is 0 Å². The summed E-state index contributed by atoms with van der Waals surface area (Å²) in [6.45, 7) is 13.4. The van der Waals surface area contributed by atoms with Crippen LogP contribution in [0, 0.1) is 27.7 Å². The second-order valence-corrected chi connectivity index (χ2v) is 9.23. The Labute approximate surface area is 189 Å². The second-order valence-electron chi connectivity index (χ2n) is 8.29. The number of nitrogens with zero attached hydrogens (tertiary/aromatic N) is 2. The quantitative estimate of drug-likeness (QED) is 0.410. The second kappa shape index (κ2) is 10.1. The number of ether oxygens (including phenoxy) is 1. The molecule has 164 valence electrons. The van der Waals surface area contributed by atoms with Gasteiger partial charge in [-0.1, -0.05) is 30.7 Å². The molecule has 1 amide bonds. The Morgan fingerprint density at radius 1 is 1.13 bits per heavy atom. The van der Waals surface area contributed by atoms with E-state index in [1.807, 2.05) is 41.5 Å². The Balaban J connectivity index is 1.72. The normalized spacial score (nSPS) is 11.9. The molecule has 31 heavy (non-hydrogen) atoms. The van der Waals surface area contributed by atoms with Gasteiger partial charge in [0, 0.05) is 17.0 Å². The molecule has 0 saturated heterocycles. The number of hydrogen-bond donors (Lipinski definition) is 0. The molecule has 5 heteroatoms. The molecule has 1 aromatic heterocycles. The first-order chi connectivity index (χ1) is 14.8. The zero-order chi connectivity index (χ0) is 22.5. The van der Waals surface area contributed by atoms with Crippen LogP contribution in [0.2, 0.25) is 0 Å². The van der Waals surface area contributed by atoms with E-state index >= 15 is 0 Å². The van der Waals surface area contributed by atoms with E-state index in [0.717, 1.165) is 39.6 Å². The van der Waals surface area contributed by atoms with E-state index in [9.17, 15) is 4.79 Å². The highest BCUT2D eigenvalue weighted by Crippen LogP contribution is 2.25. The number of aromatic nitrogens is 1. The summed E-state index contributed by atoms with van der Waals surface area (Å²) in [6, 6.07) is 12.1. The molecule has 0 radical (unpaired) electrons. The molecule has 0 aliphatic carbocycles. The summed E-state index contributed by atoms with van der Waals surface area (Å²) in [5, 5.41) is 2.95. The highest BCUT2D eigenvalue weighted by molar-refractivity contribution is 7.09. The van der Waals surface area contributed by atoms with Gasteiger partial charge in [-0.2, -0.15) is 0 Å². The van der Waals surface area contributed by atoms with Crippen LogP contribution in [-0.2, 0) is 13.2 Å². The Kier molecular flexibility index (Phi) is 7.50. The number of thiazole rings is 1. The van der Waals surface area contributed by atoms with Gasteiger partial charge in [-0.05, 0) is 75.9 Å². The summed E-state index contributed by atoms with van der Waals surface area (Å²) < 4.78 is 6.07. The molecular weight excluding hydrogens is 404 g/mol. The average Bonchev–Trinajstić information content (AvgIpc) is 3.20. The average molecular weight is 437 g/mol. The molecule has 0 saturated carbocycles. The number of benzene rings is 2. The van der Waals surface area contributed by atoms with E-state index in [2.05, 4.69) is 46.8 Å². The number of hydrogen-bond acceptors (Lipinski definition) is 4. The van der Waals surface area contributed by atoms with Crippen LogP contribution < -0.4 is 4.74 Å². The number of carbonyl (C=O) groups is 1. The standard InChI is InChI=1S/C26H32N2O2S/c1-7-20(5)28(26(29)22-10-8-9-17(2)12-22)14-23-16-31-25(27-23)15-30-24-13-18(3)11-19(4)21(24)6/h8-13,16,20H,7,14-15H2,1-6H3/t20-/m1/s1. The third kappa shape index (κ3) is 5.73. The van der Waals surface area contributed by atoms with Gasteiger partial charge in [-0.3, -0.25) is 4.79 Å². The Morgan fingerprint density at radius 2 is 1.90 bits per heavy atom. The van der Waals surface area contributed by atoms with Crippen molar-refractivity contribution in [2.24, 2.45) is 0 Å². The molecule has 0 unspecified atom stereocenters. The van der Waals surface area contributed by atoms with Crippen molar-refractivity contribution in [2.75, 3.05) is 0 Å². The topological polar surface area (TPSA) is 42.4 Å². The van der Waals surface area contributed by atoms with Crippen LogP contribution in [0.3, 0.4) is 0 Å². The van der Waals surface area contributed by atoms with Crippen LogP contribution in [0.15, 0.2) is 41.8 Å². The van der Waals surface area contributed by atoms with Crippen LogP contribution in [0.25, 0.3) is 0 Å². The fourth-order valence-corrected chi connectivity index (χ4v) is 4.24. The lowest BCUT2D eigenvalue weighted by molar-refractivity contribution is 0.0669. The maximum absolute atomic E-state index is 13.2. The summed E-state index contributed by atoms with van der Waals surface area (Å²) in [6.07, 6.45) is 0.893. The van der Waals surface area contributed by atoms with Gasteiger partial charge in [-0.15, -0.1) is 11.3 Å². The maximum atomic E-state index is 13.2. The lowest BCUT2D eigenvalue weighted by Gasteiger charge is -2.28. The van der Waals surface area contributed by atoms with Crippen molar-refractivity contribution in [3.63, 3.8) is 0 Å².